The zero-order valence-electron chi connectivity index (χ0n) is 11.4. The van der Waals surface area contributed by atoms with Crippen molar-refractivity contribution in [2.24, 2.45) is 5.73 Å². The molecule has 102 valence electrons. The first-order valence-electron chi connectivity index (χ1n) is 6.82. The maximum atomic E-state index is 5.89. The van der Waals surface area contributed by atoms with E-state index >= 15 is 0 Å². The second kappa shape index (κ2) is 5.43. The lowest BCUT2D eigenvalue weighted by molar-refractivity contribution is 0.375. The van der Waals surface area contributed by atoms with Crippen LogP contribution in [0.1, 0.15) is 36.7 Å². The van der Waals surface area contributed by atoms with Gasteiger partial charge < -0.3 is 10.3 Å². The molecule has 0 aliphatic carbocycles. The Kier molecular flexibility index (Phi) is 3.48. The van der Waals surface area contributed by atoms with Gasteiger partial charge in [0.1, 0.15) is 0 Å². The smallest absolute Gasteiger partial charge is 0.231 e. The Morgan fingerprint density at radius 2 is 1.95 bits per heavy atom. The number of hydrogen-bond donors (Lipinski definition) is 1. The third-order valence-electron chi connectivity index (χ3n) is 3.42. The van der Waals surface area contributed by atoms with Gasteiger partial charge in [0.15, 0.2) is 5.82 Å². The SMILES string of the molecule is CCC(N)c1noc(Cc2ccc3ccccc3c2)n1. The fourth-order valence-electron chi connectivity index (χ4n) is 2.20. The lowest BCUT2D eigenvalue weighted by Crippen LogP contribution is -2.10. The van der Waals surface area contributed by atoms with Crippen molar-refractivity contribution in [1.82, 2.24) is 10.1 Å². The fourth-order valence-corrected chi connectivity index (χ4v) is 2.20. The van der Waals surface area contributed by atoms with Gasteiger partial charge in [-0.1, -0.05) is 54.5 Å². The van der Waals surface area contributed by atoms with Crippen LogP contribution in [0.25, 0.3) is 10.8 Å². The molecule has 1 unspecified atom stereocenters. The van der Waals surface area contributed by atoms with Gasteiger partial charge in [0.05, 0.1) is 12.5 Å². The Hall–Kier alpha value is -2.20. The second-order valence-corrected chi connectivity index (χ2v) is 4.92. The van der Waals surface area contributed by atoms with Crippen molar-refractivity contribution < 1.29 is 4.52 Å². The van der Waals surface area contributed by atoms with Gasteiger partial charge in [0.2, 0.25) is 5.89 Å². The standard InChI is InChI=1S/C16H17N3O/c1-2-14(17)16-18-15(20-19-16)10-11-7-8-12-5-3-4-6-13(12)9-11/h3-9,14H,2,10,17H2,1H3. The molecule has 0 aliphatic rings. The van der Waals surface area contributed by atoms with Crippen molar-refractivity contribution in [3.63, 3.8) is 0 Å². The summed E-state index contributed by atoms with van der Waals surface area (Å²) >= 11 is 0. The Labute approximate surface area is 117 Å². The van der Waals surface area contributed by atoms with E-state index in [0.717, 1.165) is 12.0 Å². The van der Waals surface area contributed by atoms with E-state index in [9.17, 15) is 0 Å². The van der Waals surface area contributed by atoms with Gasteiger partial charge in [0.25, 0.3) is 0 Å². The quantitative estimate of drug-likeness (QED) is 0.788. The third-order valence-corrected chi connectivity index (χ3v) is 3.42. The molecule has 2 N–H and O–H groups in total. The van der Waals surface area contributed by atoms with E-state index in [4.69, 9.17) is 10.3 Å². The zero-order chi connectivity index (χ0) is 13.9. The van der Waals surface area contributed by atoms with Crippen LogP contribution in [0.4, 0.5) is 0 Å². The van der Waals surface area contributed by atoms with Crippen molar-refractivity contribution in [1.29, 1.82) is 0 Å². The monoisotopic (exact) mass is 267 g/mol. The summed E-state index contributed by atoms with van der Waals surface area (Å²) in [6.07, 6.45) is 1.43. The van der Waals surface area contributed by atoms with Crippen LogP contribution in [-0.2, 0) is 6.42 Å². The van der Waals surface area contributed by atoms with Crippen LogP contribution in [-0.4, -0.2) is 10.1 Å². The van der Waals surface area contributed by atoms with Crippen LogP contribution < -0.4 is 5.73 Å². The van der Waals surface area contributed by atoms with Crippen LogP contribution in [0.3, 0.4) is 0 Å². The third kappa shape index (κ3) is 2.56. The molecule has 3 aromatic rings. The van der Waals surface area contributed by atoms with Gasteiger partial charge in [0, 0.05) is 0 Å². The molecule has 0 fully saturated rings. The topological polar surface area (TPSA) is 64.9 Å². The van der Waals surface area contributed by atoms with Gasteiger partial charge in [-0.05, 0) is 22.8 Å². The molecule has 0 radical (unpaired) electrons. The minimum Gasteiger partial charge on any atom is -0.339 e. The molecular weight excluding hydrogens is 250 g/mol. The van der Waals surface area contributed by atoms with E-state index in [2.05, 4.69) is 40.5 Å². The van der Waals surface area contributed by atoms with Gasteiger partial charge in [-0.2, -0.15) is 4.98 Å². The van der Waals surface area contributed by atoms with Crippen molar-refractivity contribution in [3.05, 3.63) is 59.7 Å². The average molecular weight is 267 g/mol. The Morgan fingerprint density at radius 1 is 1.15 bits per heavy atom. The van der Waals surface area contributed by atoms with Crippen LogP contribution >= 0.6 is 0 Å². The number of hydrogen-bond acceptors (Lipinski definition) is 4. The molecule has 4 nitrogen and oxygen atoms in total. The van der Waals surface area contributed by atoms with E-state index in [0.29, 0.717) is 18.1 Å². The maximum absolute atomic E-state index is 5.89. The highest BCUT2D eigenvalue weighted by atomic mass is 16.5. The molecule has 2 aromatic carbocycles. The van der Waals surface area contributed by atoms with E-state index in [1.165, 1.54) is 10.8 Å². The summed E-state index contributed by atoms with van der Waals surface area (Å²) in [6.45, 7) is 2.00. The zero-order valence-corrected chi connectivity index (χ0v) is 11.4. The highest BCUT2D eigenvalue weighted by Crippen LogP contribution is 2.18. The molecule has 3 rings (SSSR count). The lowest BCUT2D eigenvalue weighted by Gasteiger charge is -2.01. The first-order chi connectivity index (χ1) is 9.76. The second-order valence-electron chi connectivity index (χ2n) is 4.92. The lowest BCUT2D eigenvalue weighted by atomic mass is 10.1. The summed E-state index contributed by atoms with van der Waals surface area (Å²) in [5.41, 5.74) is 7.05. The molecule has 0 saturated heterocycles. The number of fused-ring (bicyclic) bond motifs is 1. The molecule has 0 amide bonds. The van der Waals surface area contributed by atoms with E-state index in [-0.39, 0.29) is 6.04 Å². The highest BCUT2D eigenvalue weighted by Gasteiger charge is 2.12. The van der Waals surface area contributed by atoms with Crippen LogP contribution in [0, 0.1) is 0 Å². The van der Waals surface area contributed by atoms with Gasteiger partial charge >= 0.3 is 0 Å². The predicted molar refractivity (Wildman–Crippen MR) is 78.3 cm³/mol. The normalized spacial score (nSPS) is 12.7. The molecule has 1 heterocycles. The summed E-state index contributed by atoms with van der Waals surface area (Å²) in [5.74, 6) is 1.20. The van der Waals surface area contributed by atoms with Crippen molar-refractivity contribution in [2.75, 3.05) is 0 Å². The number of rotatable bonds is 4. The number of benzene rings is 2. The number of nitrogens with two attached hydrogens (primary N) is 1. The Balaban J connectivity index is 1.83. The van der Waals surface area contributed by atoms with Gasteiger partial charge in [-0.25, -0.2) is 0 Å². The molecule has 0 bridgehead atoms. The van der Waals surface area contributed by atoms with Crippen LogP contribution in [0.5, 0.6) is 0 Å². The highest BCUT2D eigenvalue weighted by molar-refractivity contribution is 5.83. The summed E-state index contributed by atoms with van der Waals surface area (Å²) in [5, 5.41) is 6.38. The van der Waals surface area contributed by atoms with Gasteiger partial charge in [-0.15, -0.1) is 0 Å². The average Bonchev–Trinajstić information content (AvgIpc) is 2.95. The molecule has 0 spiro atoms. The summed E-state index contributed by atoms with van der Waals surface area (Å²) in [7, 11) is 0. The summed E-state index contributed by atoms with van der Waals surface area (Å²) < 4.78 is 5.26. The number of nitrogens with zero attached hydrogens (tertiary/aromatic N) is 2. The first-order valence-corrected chi connectivity index (χ1v) is 6.82. The van der Waals surface area contributed by atoms with Crippen molar-refractivity contribution >= 4 is 10.8 Å². The maximum Gasteiger partial charge on any atom is 0.231 e. The molecular formula is C16H17N3O. The number of aromatic nitrogens is 2. The Morgan fingerprint density at radius 3 is 2.75 bits per heavy atom. The van der Waals surface area contributed by atoms with Crippen LogP contribution in [0.2, 0.25) is 0 Å². The van der Waals surface area contributed by atoms with E-state index in [1.807, 2.05) is 19.1 Å². The predicted octanol–water partition coefficient (Wildman–Crippen LogP) is 3.22. The molecule has 1 aromatic heterocycles. The minimum absolute atomic E-state index is 0.149. The summed E-state index contributed by atoms with van der Waals surface area (Å²) in [4.78, 5) is 4.35. The van der Waals surface area contributed by atoms with E-state index < -0.39 is 0 Å². The minimum atomic E-state index is -0.149. The largest absolute Gasteiger partial charge is 0.339 e. The molecule has 20 heavy (non-hydrogen) atoms. The van der Waals surface area contributed by atoms with Crippen molar-refractivity contribution in [2.45, 2.75) is 25.8 Å². The van der Waals surface area contributed by atoms with E-state index in [1.54, 1.807) is 0 Å². The molecule has 0 saturated carbocycles. The fraction of sp³-hybridized carbons (Fsp3) is 0.250. The van der Waals surface area contributed by atoms with Crippen molar-refractivity contribution in [3.8, 4) is 0 Å². The molecule has 0 aliphatic heterocycles. The first kappa shape index (κ1) is 12.8. The Bertz CT molecular complexity index is 720. The van der Waals surface area contributed by atoms with Crippen LogP contribution in [0.15, 0.2) is 47.0 Å². The molecule has 4 heteroatoms. The van der Waals surface area contributed by atoms with Gasteiger partial charge in [-0.3, -0.25) is 0 Å². The summed E-state index contributed by atoms with van der Waals surface area (Å²) in [6, 6.07) is 14.5. The molecule has 1 atom stereocenters.